The molecule has 0 atom stereocenters. The van der Waals surface area contributed by atoms with Gasteiger partial charge in [-0.15, -0.1) is 5.10 Å². The first-order chi connectivity index (χ1) is 8.76. The summed E-state index contributed by atoms with van der Waals surface area (Å²) in [6.45, 7) is 6.02. The van der Waals surface area contributed by atoms with Gasteiger partial charge in [0.05, 0.1) is 0 Å². The summed E-state index contributed by atoms with van der Waals surface area (Å²) in [5.74, 6) is -0.219. The Kier molecular flexibility index (Phi) is 4.85. The van der Waals surface area contributed by atoms with Crippen LogP contribution in [0.5, 0.6) is 0 Å². The quantitative estimate of drug-likeness (QED) is 0.652. The topological polar surface area (TPSA) is 115 Å². The Balaban J connectivity index is 2.22. The summed E-state index contributed by atoms with van der Waals surface area (Å²) in [4.78, 5) is 26.7. The van der Waals surface area contributed by atoms with Gasteiger partial charge in [-0.1, -0.05) is 0 Å². The highest BCUT2D eigenvalue weighted by atomic mass is 16.2. The number of aromatic nitrogens is 3. The summed E-state index contributed by atoms with van der Waals surface area (Å²) in [6.07, 6.45) is 1.61. The smallest absolute Gasteiger partial charge is 0.241 e. The average molecular weight is 268 g/mol. The first-order valence-corrected chi connectivity index (χ1v) is 5.99. The number of hydrogen-bond acceptors (Lipinski definition) is 5. The van der Waals surface area contributed by atoms with Crippen molar-refractivity contribution in [2.75, 3.05) is 12.3 Å². The van der Waals surface area contributed by atoms with Crippen LogP contribution in [0, 0.1) is 0 Å². The van der Waals surface area contributed by atoms with Crippen LogP contribution < -0.4 is 16.4 Å². The standard InChI is InChI=1S/C11H20N6O2/c1-11(2,3)15-8(18)4-5-13-9(19)6-17-7-14-10(12)16-17/h7H,4-6H2,1-3H3,(H2,12,16)(H,13,19)(H,15,18). The Hall–Kier alpha value is -2.12. The van der Waals surface area contributed by atoms with Crippen molar-refractivity contribution in [3.63, 3.8) is 0 Å². The number of carbonyl (C=O) groups is 2. The second-order valence-corrected chi connectivity index (χ2v) is 5.20. The van der Waals surface area contributed by atoms with Gasteiger partial charge in [-0.2, -0.15) is 0 Å². The van der Waals surface area contributed by atoms with E-state index >= 15 is 0 Å². The molecule has 8 heteroatoms. The maximum atomic E-state index is 11.5. The lowest BCUT2D eigenvalue weighted by Crippen LogP contribution is -2.42. The number of amides is 2. The first-order valence-electron chi connectivity index (χ1n) is 5.99. The SMILES string of the molecule is CC(C)(C)NC(=O)CCNC(=O)Cn1cnc(N)n1. The van der Waals surface area contributed by atoms with E-state index in [1.807, 2.05) is 20.8 Å². The molecule has 1 rings (SSSR count). The maximum Gasteiger partial charge on any atom is 0.241 e. The van der Waals surface area contributed by atoms with Crippen molar-refractivity contribution in [3.8, 4) is 0 Å². The normalized spacial score (nSPS) is 11.1. The summed E-state index contributed by atoms with van der Waals surface area (Å²) in [6, 6.07) is 0. The summed E-state index contributed by atoms with van der Waals surface area (Å²) in [7, 11) is 0. The number of anilines is 1. The largest absolute Gasteiger partial charge is 0.367 e. The zero-order valence-corrected chi connectivity index (χ0v) is 11.4. The highest BCUT2D eigenvalue weighted by molar-refractivity contribution is 5.79. The van der Waals surface area contributed by atoms with Gasteiger partial charge in [-0.25, -0.2) is 9.67 Å². The van der Waals surface area contributed by atoms with Gasteiger partial charge >= 0.3 is 0 Å². The molecule has 1 aromatic rings. The first kappa shape index (κ1) is 14.9. The van der Waals surface area contributed by atoms with Crippen LogP contribution in [0.2, 0.25) is 0 Å². The lowest BCUT2D eigenvalue weighted by atomic mass is 10.1. The number of nitrogens with zero attached hydrogens (tertiary/aromatic N) is 3. The fourth-order valence-corrected chi connectivity index (χ4v) is 1.38. The third-order valence-corrected chi connectivity index (χ3v) is 2.05. The maximum absolute atomic E-state index is 11.5. The molecule has 0 aliphatic rings. The van der Waals surface area contributed by atoms with Gasteiger partial charge in [0, 0.05) is 18.5 Å². The minimum absolute atomic E-state index is 0.0328. The van der Waals surface area contributed by atoms with Gasteiger partial charge in [0.2, 0.25) is 17.8 Å². The van der Waals surface area contributed by atoms with Gasteiger partial charge in [0.1, 0.15) is 12.9 Å². The molecule has 0 saturated heterocycles. The van der Waals surface area contributed by atoms with Crippen molar-refractivity contribution in [2.45, 2.75) is 39.3 Å². The molecule has 1 aromatic heterocycles. The fraction of sp³-hybridized carbons (Fsp3) is 0.636. The molecule has 0 bridgehead atoms. The van der Waals surface area contributed by atoms with Crippen molar-refractivity contribution >= 4 is 17.8 Å². The van der Waals surface area contributed by atoms with E-state index in [0.717, 1.165) is 0 Å². The van der Waals surface area contributed by atoms with Crippen LogP contribution in [0.25, 0.3) is 0 Å². The molecule has 0 saturated carbocycles. The predicted molar refractivity (Wildman–Crippen MR) is 70.0 cm³/mol. The molecule has 0 fully saturated rings. The van der Waals surface area contributed by atoms with Crippen molar-refractivity contribution in [3.05, 3.63) is 6.33 Å². The predicted octanol–water partition coefficient (Wildman–Crippen LogP) is -0.719. The molecule has 0 radical (unpaired) electrons. The Bertz CT molecular complexity index is 448. The van der Waals surface area contributed by atoms with Crippen molar-refractivity contribution in [2.24, 2.45) is 0 Å². The highest BCUT2D eigenvalue weighted by Crippen LogP contribution is 1.98. The van der Waals surface area contributed by atoms with Crippen molar-refractivity contribution in [1.29, 1.82) is 0 Å². The minimum Gasteiger partial charge on any atom is -0.367 e. The number of hydrogen-bond donors (Lipinski definition) is 3. The number of nitrogen functional groups attached to an aromatic ring is 1. The number of nitrogens with one attached hydrogen (secondary N) is 2. The molecule has 0 spiro atoms. The summed E-state index contributed by atoms with van der Waals surface area (Å²) >= 11 is 0. The number of rotatable bonds is 5. The van der Waals surface area contributed by atoms with Crippen molar-refractivity contribution < 1.29 is 9.59 Å². The number of nitrogens with two attached hydrogens (primary N) is 1. The molecule has 8 nitrogen and oxygen atoms in total. The lowest BCUT2D eigenvalue weighted by molar-refractivity contribution is -0.123. The Labute approximate surface area is 111 Å². The van der Waals surface area contributed by atoms with Crippen LogP contribution in [0.1, 0.15) is 27.2 Å². The van der Waals surface area contributed by atoms with Gasteiger partial charge in [0.25, 0.3) is 0 Å². The minimum atomic E-state index is -0.265. The second kappa shape index (κ2) is 6.17. The molecule has 4 N–H and O–H groups in total. The van der Waals surface area contributed by atoms with E-state index in [-0.39, 0.29) is 42.8 Å². The Morgan fingerprint density at radius 3 is 2.58 bits per heavy atom. The van der Waals surface area contributed by atoms with Gasteiger partial charge in [0.15, 0.2) is 0 Å². The molecule has 0 aliphatic carbocycles. The zero-order chi connectivity index (χ0) is 14.5. The van der Waals surface area contributed by atoms with Crippen LogP contribution in [-0.4, -0.2) is 38.7 Å². The molecular weight excluding hydrogens is 248 g/mol. The second-order valence-electron chi connectivity index (χ2n) is 5.20. The van der Waals surface area contributed by atoms with Gasteiger partial charge in [-0.05, 0) is 20.8 Å². The van der Waals surface area contributed by atoms with E-state index in [0.29, 0.717) is 0 Å². The van der Waals surface area contributed by atoms with E-state index in [9.17, 15) is 9.59 Å². The summed E-state index contributed by atoms with van der Waals surface area (Å²) in [5, 5.41) is 9.22. The lowest BCUT2D eigenvalue weighted by Gasteiger charge is -2.20. The van der Waals surface area contributed by atoms with E-state index in [1.165, 1.54) is 11.0 Å². The van der Waals surface area contributed by atoms with E-state index in [2.05, 4.69) is 20.7 Å². The monoisotopic (exact) mass is 268 g/mol. The molecule has 1 heterocycles. The number of carbonyl (C=O) groups excluding carboxylic acids is 2. The highest BCUT2D eigenvalue weighted by Gasteiger charge is 2.13. The molecule has 106 valence electrons. The third-order valence-electron chi connectivity index (χ3n) is 2.05. The van der Waals surface area contributed by atoms with Crippen LogP contribution in [0.4, 0.5) is 5.95 Å². The summed E-state index contributed by atoms with van der Waals surface area (Å²) in [5.41, 5.74) is 5.06. The third kappa shape index (κ3) is 6.39. The molecule has 0 unspecified atom stereocenters. The Morgan fingerprint density at radius 1 is 1.37 bits per heavy atom. The van der Waals surface area contributed by atoms with E-state index in [4.69, 9.17) is 5.73 Å². The fourth-order valence-electron chi connectivity index (χ4n) is 1.38. The van der Waals surface area contributed by atoms with Crippen molar-refractivity contribution in [1.82, 2.24) is 25.4 Å². The molecular formula is C11H20N6O2. The van der Waals surface area contributed by atoms with Crippen LogP contribution in [-0.2, 0) is 16.1 Å². The molecule has 0 aromatic carbocycles. The summed E-state index contributed by atoms with van der Waals surface area (Å²) < 4.78 is 1.33. The Morgan fingerprint density at radius 2 is 2.05 bits per heavy atom. The van der Waals surface area contributed by atoms with Gasteiger partial charge in [-0.3, -0.25) is 9.59 Å². The van der Waals surface area contributed by atoms with Gasteiger partial charge < -0.3 is 16.4 Å². The zero-order valence-electron chi connectivity index (χ0n) is 11.4. The molecule has 2 amide bonds. The molecule has 0 aliphatic heterocycles. The molecule has 19 heavy (non-hydrogen) atoms. The van der Waals surface area contributed by atoms with E-state index in [1.54, 1.807) is 0 Å². The average Bonchev–Trinajstić information content (AvgIpc) is 2.61. The van der Waals surface area contributed by atoms with Crippen LogP contribution >= 0.6 is 0 Å². The van der Waals surface area contributed by atoms with E-state index < -0.39 is 0 Å². The van der Waals surface area contributed by atoms with Crippen LogP contribution in [0.15, 0.2) is 6.33 Å². The van der Waals surface area contributed by atoms with Crippen LogP contribution in [0.3, 0.4) is 0 Å².